The van der Waals surface area contributed by atoms with Crippen LogP contribution in [0, 0.1) is 0 Å². The number of rotatable bonds is 8. The van der Waals surface area contributed by atoms with E-state index in [1.54, 1.807) is 0 Å². The van der Waals surface area contributed by atoms with Crippen molar-refractivity contribution in [3.05, 3.63) is 95.7 Å². The molecule has 0 spiro atoms. The van der Waals surface area contributed by atoms with Gasteiger partial charge in [0.25, 0.3) is 11.8 Å². The minimum Gasteiger partial charge on any atom is -0.494 e. The minimum absolute atomic E-state index is 0.256. The summed E-state index contributed by atoms with van der Waals surface area (Å²) < 4.78 is 5.72. The molecule has 2 amide bonds. The number of nitrogens with zero attached hydrogens (tertiary/aromatic N) is 1. The van der Waals surface area contributed by atoms with Crippen LogP contribution in [0.1, 0.15) is 44.2 Å². The average Bonchev–Trinajstić information content (AvgIpc) is 3.07. The maximum atomic E-state index is 13.5. The van der Waals surface area contributed by atoms with Gasteiger partial charge in [0.15, 0.2) is 0 Å². The Morgan fingerprint density at radius 3 is 2.27 bits per heavy atom. The number of benzene rings is 3. The van der Waals surface area contributed by atoms with Gasteiger partial charge in [0.1, 0.15) is 11.4 Å². The Kier molecular flexibility index (Phi) is 6.59. The topological polar surface area (TPSA) is 58.6 Å². The molecule has 0 aliphatic carbocycles. The third kappa shape index (κ3) is 4.67. The van der Waals surface area contributed by atoms with Crippen molar-refractivity contribution in [2.75, 3.05) is 16.8 Å². The first-order valence-corrected chi connectivity index (χ1v) is 11.3. The molecule has 0 bridgehead atoms. The highest BCUT2D eigenvalue weighted by atomic mass is 16.5. The summed E-state index contributed by atoms with van der Waals surface area (Å²) in [7, 11) is 0. The quantitative estimate of drug-likeness (QED) is 0.437. The summed E-state index contributed by atoms with van der Waals surface area (Å²) in [5.41, 5.74) is 3.69. The molecule has 5 heteroatoms. The van der Waals surface area contributed by atoms with Gasteiger partial charge < -0.3 is 10.1 Å². The molecule has 3 aromatic rings. The van der Waals surface area contributed by atoms with Crippen molar-refractivity contribution in [1.82, 2.24) is 0 Å². The largest absolute Gasteiger partial charge is 0.494 e. The maximum Gasteiger partial charge on any atom is 0.282 e. The summed E-state index contributed by atoms with van der Waals surface area (Å²) in [4.78, 5) is 28.3. The molecule has 0 aromatic heterocycles. The highest BCUT2D eigenvalue weighted by Gasteiger charge is 2.40. The molecule has 0 saturated heterocycles. The van der Waals surface area contributed by atoms with Gasteiger partial charge >= 0.3 is 0 Å². The highest BCUT2D eigenvalue weighted by Crippen LogP contribution is 2.34. The molecule has 0 saturated carbocycles. The number of amides is 2. The molecule has 1 aliphatic heterocycles. The Balaban J connectivity index is 1.72. The fourth-order valence-corrected chi connectivity index (χ4v) is 3.79. The Bertz CT molecular complexity index is 1180. The van der Waals surface area contributed by atoms with Gasteiger partial charge in [-0.1, -0.05) is 69.3 Å². The third-order valence-electron chi connectivity index (χ3n) is 5.54. The zero-order valence-electron chi connectivity index (χ0n) is 19.2. The van der Waals surface area contributed by atoms with E-state index in [9.17, 15) is 9.59 Å². The fourth-order valence-electron chi connectivity index (χ4n) is 3.79. The lowest BCUT2D eigenvalue weighted by Gasteiger charge is -2.16. The van der Waals surface area contributed by atoms with E-state index in [1.807, 2.05) is 85.8 Å². The van der Waals surface area contributed by atoms with Crippen molar-refractivity contribution >= 4 is 28.8 Å². The van der Waals surface area contributed by atoms with E-state index in [1.165, 1.54) is 4.90 Å². The zero-order valence-corrected chi connectivity index (χ0v) is 19.2. The molecule has 168 valence electrons. The smallest absolute Gasteiger partial charge is 0.282 e. The predicted octanol–water partition coefficient (Wildman–Crippen LogP) is 6.00. The van der Waals surface area contributed by atoms with Gasteiger partial charge in [0.05, 0.1) is 17.9 Å². The van der Waals surface area contributed by atoms with Crippen LogP contribution in [0.3, 0.4) is 0 Å². The lowest BCUT2D eigenvalue weighted by atomic mass is 10.0. The lowest BCUT2D eigenvalue weighted by molar-refractivity contribution is -0.120. The van der Waals surface area contributed by atoms with Crippen LogP contribution in [-0.4, -0.2) is 18.4 Å². The van der Waals surface area contributed by atoms with Gasteiger partial charge in [-0.2, -0.15) is 0 Å². The summed E-state index contributed by atoms with van der Waals surface area (Å²) in [5, 5.41) is 3.20. The van der Waals surface area contributed by atoms with Crippen LogP contribution in [0.2, 0.25) is 0 Å². The molecule has 4 rings (SSSR count). The van der Waals surface area contributed by atoms with Crippen molar-refractivity contribution in [1.29, 1.82) is 0 Å². The second-order valence-corrected chi connectivity index (χ2v) is 8.31. The van der Waals surface area contributed by atoms with Crippen LogP contribution < -0.4 is 15.0 Å². The van der Waals surface area contributed by atoms with Crippen LogP contribution in [-0.2, 0) is 9.59 Å². The molecule has 1 heterocycles. The van der Waals surface area contributed by atoms with Crippen LogP contribution in [0.25, 0.3) is 5.57 Å². The Morgan fingerprint density at radius 1 is 0.879 bits per heavy atom. The zero-order chi connectivity index (χ0) is 23.4. The highest BCUT2D eigenvalue weighted by molar-refractivity contribution is 6.46. The molecule has 1 aliphatic rings. The maximum absolute atomic E-state index is 13.5. The van der Waals surface area contributed by atoms with Crippen molar-refractivity contribution in [2.45, 2.75) is 33.1 Å². The van der Waals surface area contributed by atoms with Crippen LogP contribution in [0.5, 0.6) is 5.75 Å². The van der Waals surface area contributed by atoms with Gasteiger partial charge in [-0.05, 0) is 47.7 Å². The Hall–Kier alpha value is -3.86. The van der Waals surface area contributed by atoms with E-state index in [-0.39, 0.29) is 17.5 Å². The van der Waals surface area contributed by atoms with E-state index in [0.29, 0.717) is 40.8 Å². The molecule has 0 atom stereocenters. The molecular weight excluding hydrogens is 412 g/mol. The van der Waals surface area contributed by atoms with Gasteiger partial charge in [0, 0.05) is 11.8 Å². The number of hydrogen-bond acceptors (Lipinski definition) is 4. The normalized spacial score (nSPS) is 13.8. The number of imide groups is 1. The summed E-state index contributed by atoms with van der Waals surface area (Å²) >= 11 is 0. The number of carbonyl (C=O) groups excluding carboxylic acids is 2. The Morgan fingerprint density at radius 2 is 1.61 bits per heavy atom. The molecule has 5 nitrogen and oxygen atoms in total. The number of carbonyl (C=O) groups is 2. The first kappa shape index (κ1) is 22.3. The summed E-state index contributed by atoms with van der Waals surface area (Å²) in [5.74, 6) is 0.350. The van der Waals surface area contributed by atoms with E-state index in [0.717, 1.165) is 12.0 Å². The van der Waals surface area contributed by atoms with Crippen LogP contribution in [0.15, 0.2) is 84.6 Å². The number of anilines is 2. The molecule has 0 unspecified atom stereocenters. The second kappa shape index (κ2) is 9.74. The van der Waals surface area contributed by atoms with Crippen LogP contribution in [0.4, 0.5) is 11.4 Å². The molecule has 33 heavy (non-hydrogen) atoms. The summed E-state index contributed by atoms with van der Waals surface area (Å²) in [6.07, 6.45) is 0.901. The molecule has 0 fully saturated rings. The van der Waals surface area contributed by atoms with Gasteiger partial charge in [-0.3, -0.25) is 9.59 Å². The average molecular weight is 441 g/mol. The van der Waals surface area contributed by atoms with Crippen molar-refractivity contribution in [3.8, 4) is 5.75 Å². The standard InChI is InChI=1S/C28H28N2O3/c1-4-17-33-24-12-8-11-22(18-24)29-26-25(21-9-6-5-7-10-21)27(31)30(28(26)32)23-15-13-20(14-16-23)19(2)3/h5-16,18-19,29H,4,17H2,1-3H3. The van der Waals surface area contributed by atoms with E-state index >= 15 is 0 Å². The first-order chi connectivity index (χ1) is 16.0. The lowest BCUT2D eigenvalue weighted by Crippen LogP contribution is -2.32. The predicted molar refractivity (Wildman–Crippen MR) is 132 cm³/mol. The first-order valence-electron chi connectivity index (χ1n) is 11.3. The molecule has 3 aromatic carbocycles. The van der Waals surface area contributed by atoms with Crippen LogP contribution >= 0.6 is 0 Å². The van der Waals surface area contributed by atoms with Crippen molar-refractivity contribution in [2.24, 2.45) is 0 Å². The Labute approximate surface area is 194 Å². The van der Waals surface area contributed by atoms with Crippen molar-refractivity contribution < 1.29 is 14.3 Å². The molecular formula is C28H28N2O3. The number of hydrogen-bond donors (Lipinski definition) is 1. The minimum atomic E-state index is -0.379. The van der Waals surface area contributed by atoms with E-state index in [2.05, 4.69) is 19.2 Å². The van der Waals surface area contributed by atoms with Gasteiger partial charge in [0.2, 0.25) is 0 Å². The SMILES string of the molecule is CCCOc1cccc(NC2=C(c3ccccc3)C(=O)N(c3ccc(C(C)C)cc3)C2=O)c1. The monoisotopic (exact) mass is 440 g/mol. The molecule has 1 N–H and O–H groups in total. The fraction of sp³-hybridized carbons (Fsp3) is 0.214. The summed E-state index contributed by atoms with van der Waals surface area (Å²) in [6.45, 7) is 6.87. The number of nitrogens with one attached hydrogen (secondary N) is 1. The summed E-state index contributed by atoms with van der Waals surface area (Å²) in [6, 6.07) is 24.3. The van der Waals surface area contributed by atoms with Gasteiger partial charge in [-0.15, -0.1) is 0 Å². The molecule has 0 radical (unpaired) electrons. The van der Waals surface area contributed by atoms with E-state index < -0.39 is 0 Å². The van der Waals surface area contributed by atoms with Crippen molar-refractivity contribution in [3.63, 3.8) is 0 Å². The second-order valence-electron chi connectivity index (χ2n) is 8.31. The third-order valence-corrected chi connectivity index (χ3v) is 5.54. The van der Waals surface area contributed by atoms with E-state index in [4.69, 9.17) is 4.74 Å². The number of ether oxygens (including phenoxy) is 1. The van der Waals surface area contributed by atoms with Gasteiger partial charge in [-0.25, -0.2) is 4.90 Å².